The fourth-order valence-corrected chi connectivity index (χ4v) is 3.11. The lowest BCUT2D eigenvalue weighted by atomic mass is 9.98. The molecule has 0 bridgehead atoms. The molecule has 0 spiro atoms. The number of aromatic nitrogens is 2. The molecule has 0 radical (unpaired) electrons. The Morgan fingerprint density at radius 1 is 1.07 bits per heavy atom. The van der Waals surface area contributed by atoms with Crippen molar-refractivity contribution in [2.45, 2.75) is 33.2 Å². The van der Waals surface area contributed by atoms with Crippen LogP contribution >= 0.6 is 0 Å². The molecule has 1 N–H and O–H groups in total. The first-order valence-electron chi connectivity index (χ1n) is 9.44. The standard InChI is InChI=1S/C23H26N4O/c1-16(2)19-12-8-9-17(3)21(19)26-22(28)20-13-14-24-23(25-20)27(4)15-18-10-6-5-7-11-18/h5-14,16H,15H2,1-4H3,(H,26,28). The largest absolute Gasteiger partial charge is 0.340 e. The lowest BCUT2D eigenvalue weighted by molar-refractivity contribution is 0.102. The van der Waals surface area contributed by atoms with Gasteiger partial charge >= 0.3 is 0 Å². The van der Waals surface area contributed by atoms with Gasteiger partial charge in [0.2, 0.25) is 5.95 Å². The van der Waals surface area contributed by atoms with Crippen molar-refractivity contribution >= 4 is 17.5 Å². The van der Waals surface area contributed by atoms with Gasteiger partial charge in [0, 0.05) is 25.5 Å². The number of rotatable bonds is 6. The fraction of sp³-hybridized carbons (Fsp3) is 0.261. The minimum absolute atomic E-state index is 0.229. The quantitative estimate of drug-likeness (QED) is 0.673. The van der Waals surface area contributed by atoms with Crippen LogP contribution in [0.5, 0.6) is 0 Å². The van der Waals surface area contributed by atoms with E-state index in [1.807, 2.05) is 55.3 Å². The summed E-state index contributed by atoms with van der Waals surface area (Å²) >= 11 is 0. The molecule has 0 saturated carbocycles. The molecule has 0 aliphatic rings. The first kappa shape index (κ1) is 19.5. The van der Waals surface area contributed by atoms with Gasteiger partial charge in [-0.25, -0.2) is 9.97 Å². The second-order valence-electron chi connectivity index (χ2n) is 7.23. The molecule has 3 rings (SSSR count). The molecule has 0 aliphatic carbocycles. The zero-order valence-electron chi connectivity index (χ0n) is 16.8. The molecule has 2 aromatic carbocycles. The van der Waals surface area contributed by atoms with Crippen molar-refractivity contribution in [1.29, 1.82) is 0 Å². The zero-order valence-corrected chi connectivity index (χ0v) is 16.8. The van der Waals surface area contributed by atoms with Gasteiger partial charge < -0.3 is 10.2 Å². The zero-order chi connectivity index (χ0) is 20.1. The Morgan fingerprint density at radius 3 is 2.54 bits per heavy atom. The van der Waals surface area contributed by atoms with E-state index in [9.17, 15) is 4.79 Å². The second-order valence-corrected chi connectivity index (χ2v) is 7.23. The molecular weight excluding hydrogens is 348 g/mol. The van der Waals surface area contributed by atoms with Crippen LogP contribution in [-0.4, -0.2) is 22.9 Å². The Bertz CT molecular complexity index is 954. The van der Waals surface area contributed by atoms with Crippen molar-refractivity contribution in [3.8, 4) is 0 Å². The van der Waals surface area contributed by atoms with Crippen LogP contribution in [0.4, 0.5) is 11.6 Å². The van der Waals surface area contributed by atoms with Gasteiger partial charge in [-0.2, -0.15) is 0 Å². The highest BCUT2D eigenvalue weighted by Gasteiger charge is 2.16. The van der Waals surface area contributed by atoms with Crippen molar-refractivity contribution in [3.63, 3.8) is 0 Å². The molecule has 0 fully saturated rings. The smallest absolute Gasteiger partial charge is 0.274 e. The summed E-state index contributed by atoms with van der Waals surface area (Å²) < 4.78 is 0. The summed E-state index contributed by atoms with van der Waals surface area (Å²) in [5.74, 6) is 0.603. The van der Waals surface area contributed by atoms with Gasteiger partial charge in [-0.15, -0.1) is 0 Å². The highest BCUT2D eigenvalue weighted by molar-refractivity contribution is 6.03. The van der Waals surface area contributed by atoms with Crippen molar-refractivity contribution in [1.82, 2.24) is 9.97 Å². The summed E-state index contributed by atoms with van der Waals surface area (Å²) in [7, 11) is 1.92. The molecular formula is C23H26N4O. The number of benzene rings is 2. The first-order valence-corrected chi connectivity index (χ1v) is 9.44. The van der Waals surface area contributed by atoms with Gasteiger partial charge in [-0.05, 0) is 35.6 Å². The van der Waals surface area contributed by atoms with Crippen LogP contribution in [0, 0.1) is 6.92 Å². The molecule has 3 aromatic rings. The van der Waals surface area contributed by atoms with E-state index in [1.54, 1.807) is 12.3 Å². The van der Waals surface area contributed by atoms with Crippen LogP contribution in [0.15, 0.2) is 60.8 Å². The molecule has 5 nitrogen and oxygen atoms in total. The highest BCUT2D eigenvalue weighted by Crippen LogP contribution is 2.27. The molecule has 28 heavy (non-hydrogen) atoms. The van der Waals surface area contributed by atoms with Gasteiger partial charge in [0.1, 0.15) is 5.69 Å². The topological polar surface area (TPSA) is 58.1 Å². The number of anilines is 2. The number of nitrogens with zero attached hydrogens (tertiary/aromatic N) is 3. The molecule has 0 saturated heterocycles. The minimum Gasteiger partial charge on any atom is -0.340 e. The van der Waals surface area contributed by atoms with Gasteiger partial charge in [-0.1, -0.05) is 62.4 Å². The van der Waals surface area contributed by atoms with Gasteiger partial charge in [0.15, 0.2) is 0 Å². The predicted octanol–water partition coefficient (Wildman–Crippen LogP) is 4.80. The van der Waals surface area contributed by atoms with Gasteiger partial charge in [0.25, 0.3) is 5.91 Å². The number of carbonyl (C=O) groups is 1. The van der Waals surface area contributed by atoms with Crippen molar-refractivity contribution in [2.24, 2.45) is 0 Å². The third kappa shape index (κ3) is 4.55. The average molecular weight is 374 g/mol. The summed E-state index contributed by atoms with van der Waals surface area (Å²) in [5, 5.41) is 3.04. The Kier molecular flexibility index (Phi) is 6.04. The molecule has 1 heterocycles. The van der Waals surface area contributed by atoms with E-state index in [1.165, 1.54) is 0 Å². The van der Waals surface area contributed by atoms with Crippen LogP contribution in [0.1, 0.15) is 46.9 Å². The van der Waals surface area contributed by atoms with Crippen LogP contribution < -0.4 is 10.2 Å². The SMILES string of the molecule is Cc1cccc(C(C)C)c1NC(=O)c1ccnc(N(C)Cc2ccccc2)n1. The Labute approximate surface area is 166 Å². The summed E-state index contributed by atoms with van der Waals surface area (Å²) in [4.78, 5) is 23.6. The minimum atomic E-state index is -0.229. The molecule has 144 valence electrons. The van der Waals surface area contributed by atoms with E-state index in [2.05, 4.69) is 41.3 Å². The third-order valence-corrected chi connectivity index (χ3v) is 4.65. The fourth-order valence-electron chi connectivity index (χ4n) is 3.11. The molecule has 5 heteroatoms. The van der Waals surface area contributed by atoms with E-state index in [0.717, 1.165) is 22.4 Å². The van der Waals surface area contributed by atoms with Gasteiger partial charge in [0.05, 0.1) is 0 Å². The monoisotopic (exact) mass is 374 g/mol. The van der Waals surface area contributed by atoms with E-state index in [4.69, 9.17) is 0 Å². The van der Waals surface area contributed by atoms with Crippen LogP contribution in [0.3, 0.4) is 0 Å². The van der Waals surface area contributed by atoms with Crippen molar-refractivity contribution in [3.05, 3.63) is 83.2 Å². The van der Waals surface area contributed by atoms with Crippen LogP contribution in [0.2, 0.25) is 0 Å². The summed E-state index contributed by atoms with van der Waals surface area (Å²) in [6, 6.07) is 17.8. The van der Waals surface area contributed by atoms with Crippen LogP contribution in [-0.2, 0) is 6.54 Å². The number of aryl methyl sites for hydroxylation is 1. The predicted molar refractivity (Wildman–Crippen MR) is 114 cm³/mol. The van der Waals surface area contributed by atoms with E-state index in [-0.39, 0.29) is 5.91 Å². The number of hydrogen-bond acceptors (Lipinski definition) is 4. The molecule has 0 aliphatic heterocycles. The number of hydrogen-bond donors (Lipinski definition) is 1. The maximum atomic E-state index is 12.9. The lowest BCUT2D eigenvalue weighted by Gasteiger charge is -2.18. The second kappa shape index (κ2) is 8.65. The molecule has 0 atom stereocenters. The molecule has 0 unspecified atom stereocenters. The van der Waals surface area contributed by atoms with E-state index in [0.29, 0.717) is 24.1 Å². The average Bonchev–Trinajstić information content (AvgIpc) is 2.70. The van der Waals surface area contributed by atoms with E-state index >= 15 is 0 Å². The Morgan fingerprint density at radius 2 is 1.82 bits per heavy atom. The van der Waals surface area contributed by atoms with Gasteiger partial charge in [-0.3, -0.25) is 4.79 Å². The van der Waals surface area contributed by atoms with Crippen molar-refractivity contribution < 1.29 is 4.79 Å². The normalized spacial score (nSPS) is 10.8. The van der Waals surface area contributed by atoms with E-state index < -0.39 is 0 Å². The molecule has 1 aromatic heterocycles. The lowest BCUT2D eigenvalue weighted by Crippen LogP contribution is -2.22. The number of carbonyl (C=O) groups excluding carboxylic acids is 1. The first-order chi connectivity index (χ1) is 13.5. The highest BCUT2D eigenvalue weighted by atomic mass is 16.1. The number of nitrogens with one attached hydrogen (secondary N) is 1. The Balaban J connectivity index is 1.80. The van der Waals surface area contributed by atoms with Crippen LogP contribution in [0.25, 0.3) is 0 Å². The summed E-state index contributed by atoms with van der Waals surface area (Å²) in [6.07, 6.45) is 1.62. The summed E-state index contributed by atoms with van der Waals surface area (Å²) in [6.45, 7) is 6.90. The number of para-hydroxylation sites is 1. The molecule has 1 amide bonds. The summed E-state index contributed by atoms with van der Waals surface area (Å²) in [5.41, 5.74) is 4.52. The maximum Gasteiger partial charge on any atom is 0.274 e. The number of amides is 1. The van der Waals surface area contributed by atoms with Crippen molar-refractivity contribution in [2.75, 3.05) is 17.3 Å². The third-order valence-electron chi connectivity index (χ3n) is 4.65. The Hall–Kier alpha value is -3.21. The maximum absolute atomic E-state index is 12.9.